The van der Waals surface area contributed by atoms with Crippen molar-refractivity contribution < 1.29 is 4.74 Å². The number of rotatable bonds is 5. The van der Waals surface area contributed by atoms with Crippen molar-refractivity contribution in [1.29, 1.82) is 0 Å². The summed E-state index contributed by atoms with van der Waals surface area (Å²) in [4.78, 5) is 4.65. The SMILES string of the molecule is CCCc1nc(-c2ccc(COC)cc2)c(N)n1C. The molecule has 1 aromatic carbocycles. The Morgan fingerprint density at radius 2 is 1.95 bits per heavy atom. The molecule has 0 bridgehead atoms. The molecular weight excluding hydrogens is 238 g/mol. The largest absolute Gasteiger partial charge is 0.383 e. The van der Waals surface area contributed by atoms with Crippen LogP contribution in [0.25, 0.3) is 11.3 Å². The number of nitrogens with two attached hydrogens (primary N) is 1. The number of nitrogens with zero attached hydrogens (tertiary/aromatic N) is 2. The molecule has 0 aliphatic heterocycles. The van der Waals surface area contributed by atoms with E-state index in [-0.39, 0.29) is 0 Å². The van der Waals surface area contributed by atoms with E-state index in [0.717, 1.165) is 41.3 Å². The molecule has 0 aliphatic rings. The molecule has 1 heterocycles. The van der Waals surface area contributed by atoms with Gasteiger partial charge in [0.15, 0.2) is 0 Å². The van der Waals surface area contributed by atoms with Gasteiger partial charge in [-0.15, -0.1) is 0 Å². The summed E-state index contributed by atoms with van der Waals surface area (Å²) < 4.78 is 7.08. The molecule has 2 N–H and O–H groups in total. The lowest BCUT2D eigenvalue weighted by atomic mass is 10.1. The lowest BCUT2D eigenvalue weighted by molar-refractivity contribution is 0.185. The van der Waals surface area contributed by atoms with Gasteiger partial charge < -0.3 is 15.0 Å². The molecule has 0 fully saturated rings. The number of hydrogen-bond acceptors (Lipinski definition) is 3. The summed E-state index contributed by atoms with van der Waals surface area (Å²) in [5, 5.41) is 0. The van der Waals surface area contributed by atoms with Crippen molar-refractivity contribution in [3.8, 4) is 11.3 Å². The maximum atomic E-state index is 6.14. The van der Waals surface area contributed by atoms with Crippen molar-refractivity contribution in [1.82, 2.24) is 9.55 Å². The number of benzene rings is 1. The lowest BCUT2D eigenvalue weighted by Gasteiger charge is -2.03. The third-order valence-corrected chi connectivity index (χ3v) is 3.24. The molecule has 1 aromatic heterocycles. The molecule has 0 aliphatic carbocycles. The number of aryl methyl sites for hydroxylation is 1. The molecule has 19 heavy (non-hydrogen) atoms. The van der Waals surface area contributed by atoms with Crippen LogP contribution in [-0.2, 0) is 24.8 Å². The van der Waals surface area contributed by atoms with Crippen LogP contribution in [0.15, 0.2) is 24.3 Å². The van der Waals surface area contributed by atoms with Crippen molar-refractivity contribution in [2.24, 2.45) is 7.05 Å². The second-order valence-corrected chi connectivity index (χ2v) is 4.70. The summed E-state index contributed by atoms with van der Waals surface area (Å²) in [7, 11) is 3.66. The molecule has 0 radical (unpaired) electrons. The fourth-order valence-corrected chi connectivity index (χ4v) is 2.14. The molecule has 0 unspecified atom stereocenters. The van der Waals surface area contributed by atoms with Crippen molar-refractivity contribution in [2.45, 2.75) is 26.4 Å². The van der Waals surface area contributed by atoms with E-state index in [0.29, 0.717) is 6.61 Å². The minimum atomic E-state index is 0.624. The normalized spacial score (nSPS) is 10.9. The van der Waals surface area contributed by atoms with Crippen LogP contribution in [0.5, 0.6) is 0 Å². The lowest BCUT2D eigenvalue weighted by Crippen LogP contribution is -2.01. The van der Waals surface area contributed by atoms with Gasteiger partial charge in [-0.05, 0) is 12.0 Å². The van der Waals surface area contributed by atoms with E-state index in [1.54, 1.807) is 7.11 Å². The summed E-state index contributed by atoms with van der Waals surface area (Å²) in [6.45, 7) is 2.77. The first-order chi connectivity index (χ1) is 9.17. The number of nitrogen functional groups attached to an aromatic ring is 1. The third kappa shape index (κ3) is 2.79. The first-order valence-corrected chi connectivity index (χ1v) is 6.56. The molecule has 0 amide bonds. The first-order valence-electron chi connectivity index (χ1n) is 6.56. The van der Waals surface area contributed by atoms with E-state index in [1.807, 2.05) is 35.9 Å². The van der Waals surface area contributed by atoms with Gasteiger partial charge in [-0.3, -0.25) is 0 Å². The Balaban J connectivity index is 2.33. The molecule has 2 rings (SSSR count). The highest BCUT2D eigenvalue weighted by molar-refractivity contribution is 5.71. The highest BCUT2D eigenvalue weighted by atomic mass is 16.5. The Labute approximate surface area is 114 Å². The fourth-order valence-electron chi connectivity index (χ4n) is 2.14. The molecule has 0 saturated carbocycles. The van der Waals surface area contributed by atoms with Crippen LogP contribution >= 0.6 is 0 Å². The molecule has 0 spiro atoms. The predicted molar refractivity (Wildman–Crippen MR) is 77.8 cm³/mol. The molecule has 0 atom stereocenters. The highest BCUT2D eigenvalue weighted by Gasteiger charge is 2.12. The summed E-state index contributed by atoms with van der Waals surface area (Å²) in [6.07, 6.45) is 2.01. The van der Waals surface area contributed by atoms with Crippen LogP contribution in [0.4, 0.5) is 5.82 Å². The zero-order valence-corrected chi connectivity index (χ0v) is 11.8. The minimum Gasteiger partial charge on any atom is -0.383 e. The Kier molecular flexibility index (Phi) is 4.22. The maximum absolute atomic E-state index is 6.14. The van der Waals surface area contributed by atoms with Crippen molar-refractivity contribution >= 4 is 5.82 Å². The Bertz CT molecular complexity index is 543. The van der Waals surface area contributed by atoms with Gasteiger partial charge in [0.25, 0.3) is 0 Å². The van der Waals surface area contributed by atoms with Crippen LogP contribution in [0, 0.1) is 0 Å². The number of aromatic nitrogens is 2. The van der Waals surface area contributed by atoms with Gasteiger partial charge in [0.1, 0.15) is 17.3 Å². The van der Waals surface area contributed by atoms with E-state index < -0.39 is 0 Å². The minimum absolute atomic E-state index is 0.624. The topological polar surface area (TPSA) is 53.1 Å². The Hall–Kier alpha value is -1.81. The van der Waals surface area contributed by atoms with Gasteiger partial charge in [-0.1, -0.05) is 31.2 Å². The zero-order valence-electron chi connectivity index (χ0n) is 11.8. The molecular formula is C15H21N3O. The van der Waals surface area contributed by atoms with Gasteiger partial charge in [0.2, 0.25) is 0 Å². The van der Waals surface area contributed by atoms with E-state index in [4.69, 9.17) is 10.5 Å². The van der Waals surface area contributed by atoms with Crippen LogP contribution in [0.1, 0.15) is 24.7 Å². The molecule has 102 valence electrons. The predicted octanol–water partition coefficient (Wildman–Crippen LogP) is 2.77. The van der Waals surface area contributed by atoms with Crippen LogP contribution < -0.4 is 5.73 Å². The second kappa shape index (κ2) is 5.89. The van der Waals surface area contributed by atoms with Gasteiger partial charge >= 0.3 is 0 Å². The van der Waals surface area contributed by atoms with E-state index in [9.17, 15) is 0 Å². The Morgan fingerprint density at radius 3 is 2.53 bits per heavy atom. The highest BCUT2D eigenvalue weighted by Crippen LogP contribution is 2.26. The van der Waals surface area contributed by atoms with Crippen LogP contribution in [0.2, 0.25) is 0 Å². The van der Waals surface area contributed by atoms with Crippen LogP contribution in [0.3, 0.4) is 0 Å². The average molecular weight is 259 g/mol. The van der Waals surface area contributed by atoms with Crippen LogP contribution in [-0.4, -0.2) is 16.7 Å². The molecule has 4 heteroatoms. The standard InChI is InChI=1S/C15H21N3O/c1-4-5-13-17-14(15(16)18(13)2)12-8-6-11(7-9-12)10-19-3/h6-9H,4-5,10,16H2,1-3H3. The van der Waals surface area contributed by atoms with Gasteiger partial charge in [-0.25, -0.2) is 4.98 Å². The summed E-state index contributed by atoms with van der Waals surface area (Å²) in [5.41, 5.74) is 9.21. The summed E-state index contributed by atoms with van der Waals surface area (Å²) in [6, 6.07) is 8.18. The maximum Gasteiger partial charge on any atom is 0.131 e. The first kappa shape index (κ1) is 13.6. The molecule has 4 nitrogen and oxygen atoms in total. The summed E-state index contributed by atoms with van der Waals surface area (Å²) >= 11 is 0. The van der Waals surface area contributed by atoms with Crippen molar-refractivity contribution in [3.63, 3.8) is 0 Å². The van der Waals surface area contributed by atoms with E-state index in [2.05, 4.69) is 11.9 Å². The van der Waals surface area contributed by atoms with Gasteiger partial charge in [0, 0.05) is 26.1 Å². The number of imidazole rings is 1. The number of hydrogen-bond donors (Lipinski definition) is 1. The smallest absolute Gasteiger partial charge is 0.131 e. The van der Waals surface area contributed by atoms with Crippen molar-refractivity contribution in [2.75, 3.05) is 12.8 Å². The monoisotopic (exact) mass is 259 g/mol. The van der Waals surface area contributed by atoms with E-state index in [1.165, 1.54) is 0 Å². The second-order valence-electron chi connectivity index (χ2n) is 4.70. The Morgan fingerprint density at radius 1 is 1.26 bits per heavy atom. The molecule has 0 saturated heterocycles. The zero-order chi connectivity index (χ0) is 13.8. The van der Waals surface area contributed by atoms with E-state index >= 15 is 0 Å². The van der Waals surface area contributed by atoms with Gasteiger partial charge in [-0.2, -0.15) is 0 Å². The average Bonchev–Trinajstić information content (AvgIpc) is 2.69. The van der Waals surface area contributed by atoms with Gasteiger partial charge in [0.05, 0.1) is 6.61 Å². The fraction of sp³-hybridized carbons (Fsp3) is 0.400. The number of anilines is 1. The number of methoxy groups -OCH3 is 1. The van der Waals surface area contributed by atoms with Crippen molar-refractivity contribution in [3.05, 3.63) is 35.7 Å². The third-order valence-electron chi connectivity index (χ3n) is 3.24. The number of ether oxygens (including phenoxy) is 1. The molecule has 2 aromatic rings. The summed E-state index contributed by atoms with van der Waals surface area (Å²) in [5.74, 6) is 1.76. The quantitative estimate of drug-likeness (QED) is 0.898.